The van der Waals surface area contributed by atoms with Gasteiger partial charge in [-0.25, -0.2) is 4.79 Å². The first-order chi connectivity index (χ1) is 12.2. The molecule has 0 N–H and O–H groups in total. The molecule has 0 spiro atoms. The number of aromatic nitrogens is 1. The second-order valence-corrected chi connectivity index (χ2v) is 7.05. The van der Waals surface area contributed by atoms with Gasteiger partial charge in [-0.15, -0.1) is 11.8 Å². The number of nitrogens with zero attached hydrogens (tertiary/aromatic N) is 1. The lowest BCUT2D eigenvalue weighted by molar-refractivity contribution is 0.0321. The maximum absolute atomic E-state index is 12.4. The molecule has 1 aliphatic rings. The number of esters is 1. The number of carbonyl (C=O) groups excluding carboxylic acids is 1. The lowest BCUT2D eigenvalue weighted by atomic mass is 10.1. The van der Waals surface area contributed by atoms with Gasteiger partial charge in [-0.2, -0.15) is 0 Å². The van der Waals surface area contributed by atoms with Crippen molar-refractivity contribution in [2.75, 3.05) is 12.5 Å². The van der Waals surface area contributed by atoms with E-state index in [1.165, 1.54) is 0 Å². The van der Waals surface area contributed by atoms with Gasteiger partial charge in [-0.3, -0.25) is 4.98 Å². The summed E-state index contributed by atoms with van der Waals surface area (Å²) in [5, 5.41) is 0. The molecule has 0 radical (unpaired) electrons. The third-order valence-electron chi connectivity index (χ3n) is 3.89. The van der Waals surface area contributed by atoms with Crippen LogP contribution in [0.25, 0.3) is 0 Å². The molecule has 0 fully saturated rings. The summed E-state index contributed by atoms with van der Waals surface area (Å²) >= 11 is 1.59. The molecule has 5 nitrogen and oxygen atoms in total. The summed E-state index contributed by atoms with van der Waals surface area (Å²) in [5.41, 5.74) is 1.72. The molecule has 0 saturated carbocycles. The van der Waals surface area contributed by atoms with Gasteiger partial charge in [-0.1, -0.05) is 13.0 Å². The second-order valence-electron chi connectivity index (χ2n) is 5.75. The van der Waals surface area contributed by atoms with E-state index in [0.717, 1.165) is 40.6 Å². The maximum atomic E-state index is 12.4. The molecule has 0 bridgehead atoms. The Bertz CT molecular complexity index is 750. The zero-order valence-corrected chi connectivity index (χ0v) is 15.2. The van der Waals surface area contributed by atoms with Crippen LogP contribution in [0.15, 0.2) is 41.6 Å². The van der Waals surface area contributed by atoms with E-state index in [-0.39, 0.29) is 18.9 Å². The zero-order valence-electron chi connectivity index (χ0n) is 14.4. The minimum absolute atomic E-state index is 0.175. The maximum Gasteiger partial charge on any atom is 0.339 e. The topological polar surface area (TPSA) is 57.7 Å². The number of hydrogen-bond acceptors (Lipinski definition) is 6. The number of carbonyl (C=O) groups is 1. The third-order valence-corrected chi connectivity index (χ3v) is 4.81. The van der Waals surface area contributed by atoms with Crippen LogP contribution in [0.2, 0.25) is 0 Å². The van der Waals surface area contributed by atoms with Gasteiger partial charge < -0.3 is 14.2 Å². The van der Waals surface area contributed by atoms with Crippen LogP contribution in [0.3, 0.4) is 0 Å². The largest absolute Gasteiger partial charge is 0.459 e. The molecule has 0 amide bonds. The minimum Gasteiger partial charge on any atom is -0.459 e. The molecule has 0 aliphatic carbocycles. The van der Waals surface area contributed by atoms with Gasteiger partial charge in [-0.05, 0) is 49.3 Å². The summed E-state index contributed by atoms with van der Waals surface area (Å²) in [6.45, 7) is 4.23. The molecule has 25 heavy (non-hydrogen) atoms. The third kappa shape index (κ3) is 4.45. The number of thioether (sulfide) groups is 1. The lowest BCUT2D eigenvalue weighted by Crippen LogP contribution is -2.16. The summed E-state index contributed by atoms with van der Waals surface area (Å²) in [5.74, 6) is 2.14. The standard InChI is InChI=1S/C19H21NO4S/c1-3-25-18-11-20-9-8-15(18)19(21)24-13(2)4-5-14-6-7-16-17(10-14)23-12-22-16/h6-11,13H,3-5,12H2,1-2H3. The van der Waals surface area contributed by atoms with Crippen LogP contribution in [0.1, 0.15) is 36.2 Å². The van der Waals surface area contributed by atoms with Crippen LogP contribution in [-0.2, 0) is 11.2 Å². The van der Waals surface area contributed by atoms with Gasteiger partial charge in [0.05, 0.1) is 11.7 Å². The fourth-order valence-corrected chi connectivity index (χ4v) is 3.34. The van der Waals surface area contributed by atoms with Crippen molar-refractivity contribution < 1.29 is 19.0 Å². The van der Waals surface area contributed by atoms with Gasteiger partial charge in [0.1, 0.15) is 0 Å². The fraction of sp³-hybridized carbons (Fsp3) is 0.368. The van der Waals surface area contributed by atoms with Crippen molar-refractivity contribution in [3.8, 4) is 11.5 Å². The Morgan fingerprint density at radius 3 is 3.00 bits per heavy atom. The molecular formula is C19H21NO4S. The average molecular weight is 359 g/mol. The monoisotopic (exact) mass is 359 g/mol. The molecule has 2 aromatic rings. The summed E-state index contributed by atoms with van der Waals surface area (Å²) in [7, 11) is 0. The number of aryl methyl sites for hydroxylation is 1. The van der Waals surface area contributed by atoms with Gasteiger partial charge in [0.2, 0.25) is 6.79 Å². The normalized spacial score (nSPS) is 13.5. The smallest absolute Gasteiger partial charge is 0.339 e. The van der Waals surface area contributed by atoms with Crippen LogP contribution < -0.4 is 9.47 Å². The fourth-order valence-electron chi connectivity index (χ4n) is 2.59. The predicted octanol–water partition coefficient (Wildman–Crippen LogP) is 4.10. The number of ether oxygens (including phenoxy) is 3. The molecule has 3 rings (SSSR count). The van der Waals surface area contributed by atoms with Crippen LogP contribution in [-0.4, -0.2) is 29.6 Å². The van der Waals surface area contributed by atoms with E-state index in [2.05, 4.69) is 4.98 Å². The van der Waals surface area contributed by atoms with E-state index in [9.17, 15) is 4.79 Å². The quantitative estimate of drug-likeness (QED) is 0.548. The Balaban J connectivity index is 1.55. The summed E-state index contributed by atoms with van der Waals surface area (Å²) < 4.78 is 16.3. The molecule has 132 valence electrons. The molecule has 2 heterocycles. The highest BCUT2D eigenvalue weighted by Crippen LogP contribution is 2.33. The van der Waals surface area contributed by atoms with Crippen molar-refractivity contribution >= 4 is 17.7 Å². The van der Waals surface area contributed by atoms with Gasteiger partial charge in [0.15, 0.2) is 11.5 Å². The van der Waals surface area contributed by atoms with Crippen LogP contribution in [0, 0.1) is 0 Å². The predicted molar refractivity (Wildman–Crippen MR) is 96.4 cm³/mol. The Kier molecular flexibility index (Phi) is 5.81. The Morgan fingerprint density at radius 1 is 1.32 bits per heavy atom. The Hall–Kier alpha value is -2.21. The lowest BCUT2D eigenvalue weighted by Gasteiger charge is -2.14. The van der Waals surface area contributed by atoms with Crippen molar-refractivity contribution in [1.82, 2.24) is 4.98 Å². The molecule has 1 aromatic carbocycles. The van der Waals surface area contributed by atoms with E-state index < -0.39 is 0 Å². The SMILES string of the molecule is CCSc1cnccc1C(=O)OC(C)CCc1ccc2c(c1)OCO2. The van der Waals surface area contributed by atoms with Crippen LogP contribution in [0.4, 0.5) is 0 Å². The first-order valence-electron chi connectivity index (χ1n) is 8.33. The van der Waals surface area contributed by atoms with Crippen molar-refractivity contribution in [2.45, 2.75) is 37.7 Å². The number of hydrogen-bond donors (Lipinski definition) is 0. The molecule has 1 aromatic heterocycles. The van der Waals surface area contributed by atoms with Crippen molar-refractivity contribution in [2.24, 2.45) is 0 Å². The molecule has 1 aliphatic heterocycles. The summed E-state index contributed by atoms with van der Waals surface area (Å²) in [4.78, 5) is 17.4. The summed E-state index contributed by atoms with van der Waals surface area (Å²) in [6.07, 6.45) is 4.70. The molecule has 1 unspecified atom stereocenters. The minimum atomic E-state index is -0.295. The molecule has 1 atom stereocenters. The van der Waals surface area contributed by atoms with E-state index in [1.54, 1.807) is 30.2 Å². The van der Waals surface area contributed by atoms with Gasteiger partial charge in [0, 0.05) is 17.3 Å². The number of rotatable bonds is 7. The first kappa shape index (κ1) is 17.6. The highest BCUT2D eigenvalue weighted by atomic mass is 32.2. The first-order valence-corrected chi connectivity index (χ1v) is 9.32. The van der Waals surface area contributed by atoms with E-state index in [4.69, 9.17) is 14.2 Å². The molecule has 6 heteroatoms. The Morgan fingerprint density at radius 2 is 2.16 bits per heavy atom. The van der Waals surface area contributed by atoms with E-state index in [0.29, 0.717) is 5.56 Å². The van der Waals surface area contributed by atoms with Gasteiger partial charge in [0.25, 0.3) is 0 Å². The summed E-state index contributed by atoms with van der Waals surface area (Å²) in [6, 6.07) is 7.63. The van der Waals surface area contributed by atoms with Crippen molar-refractivity contribution in [3.63, 3.8) is 0 Å². The molecule has 0 saturated heterocycles. The van der Waals surface area contributed by atoms with Crippen molar-refractivity contribution in [1.29, 1.82) is 0 Å². The van der Waals surface area contributed by atoms with Crippen LogP contribution >= 0.6 is 11.8 Å². The number of pyridine rings is 1. The average Bonchev–Trinajstić information content (AvgIpc) is 3.08. The van der Waals surface area contributed by atoms with Gasteiger partial charge >= 0.3 is 5.97 Å². The molecular weight excluding hydrogens is 338 g/mol. The van der Waals surface area contributed by atoms with E-state index in [1.807, 2.05) is 32.0 Å². The van der Waals surface area contributed by atoms with Crippen molar-refractivity contribution in [3.05, 3.63) is 47.8 Å². The highest BCUT2D eigenvalue weighted by Gasteiger charge is 2.17. The number of fused-ring (bicyclic) bond motifs is 1. The van der Waals surface area contributed by atoms with E-state index >= 15 is 0 Å². The second kappa shape index (κ2) is 8.25. The van der Waals surface area contributed by atoms with Crippen LogP contribution in [0.5, 0.6) is 11.5 Å². The zero-order chi connectivity index (χ0) is 17.6. The highest BCUT2D eigenvalue weighted by molar-refractivity contribution is 7.99. The number of benzene rings is 1. The Labute approximate surface area is 151 Å².